The number of carbonyl (C=O) groups excluding carboxylic acids is 3. The molecule has 1 atom stereocenters. The van der Waals surface area contributed by atoms with Crippen LogP contribution in [0.3, 0.4) is 0 Å². The lowest BCUT2D eigenvalue weighted by atomic mass is 10.1. The third-order valence-electron chi connectivity index (χ3n) is 3.98. The molecule has 0 aromatic carbocycles. The molecule has 1 saturated carbocycles. The number of carbonyl (C=O) groups is 3. The number of likely N-dealkylation sites (tertiary alicyclic amines) is 1. The fourth-order valence-corrected chi connectivity index (χ4v) is 2.55. The second-order valence-electron chi connectivity index (χ2n) is 5.57. The molecule has 0 bridgehead atoms. The zero-order valence-electron chi connectivity index (χ0n) is 12.1. The van der Waals surface area contributed by atoms with Gasteiger partial charge in [0.1, 0.15) is 6.54 Å². The summed E-state index contributed by atoms with van der Waals surface area (Å²) in [6.07, 6.45) is 2.64. The van der Waals surface area contributed by atoms with E-state index in [0.717, 1.165) is 6.54 Å². The van der Waals surface area contributed by atoms with Gasteiger partial charge in [0.2, 0.25) is 11.8 Å². The van der Waals surface area contributed by atoms with Crippen molar-refractivity contribution in [1.29, 1.82) is 0 Å². The van der Waals surface area contributed by atoms with Gasteiger partial charge >= 0.3 is 5.97 Å². The van der Waals surface area contributed by atoms with Crippen LogP contribution in [-0.4, -0.2) is 60.9 Å². The maximum atomic E-state index is 12.4. The molecular weight excluding hydrogens is 260 g/mol. The SMILES string of the molecule is CCN(CC(=O)OC)C(=O)C1CC(=O)N(CC2CC2)C1. The van der Waals surface area contributed by atoms with Crippen LogP contribution in [0, 0.1) is 11.8 Å². The van der Waals surface area contributed by atoms with E-state index >= 15 is 0 Å². The summed E-state index contributed by atoms with van der Waals surface area (Å²) >= 11 is 0. The average Bonchev–Trinajstić information content (AvgIpc) is 3.18. The zero-order chi connectivity index (χ0) is 14.7. The van der Waals surface area contributed by atoms with E-state index in [2.05, 4.69) is 4.74 Å². The van der Waals surface area contributed by atoms with Gasteiger partial charge in [-0.1, -0.05) is 0 Å². The molecule has 1 unspecified atom stereocenters. The number of ether oxygens (including phenoxy) is 1. The monoisotopic (exact) mass is 282 g/mol. The lowest BCUT2D eigenvalue weighted by Crippen LogP contribution is -2.40. The molecule has 0 radical (unpaired) electrons. The van der Waals surface area contributed by atoms with Crippen LogP contribution >= 0.6 is 0 Å². The lowest BCUT2D eigenvalue weighted by Gasteiger charge is -2.23. The number of amides is 2. The zero-order valence-corrected chi connectivity index (χ0v) is 12.1. The molecule has 1 saturated heterocycles. The predicted molar refractivity (Wildman–Crippen MR) is 71.7 cm³/mol. The summed E-state index contributed by atoms with van der Waals surface area (Å²) in [6, 6.07) is 0. The third-order valence-corrected chi connectivity index (χ3v) is 3.98. The van der Waals surface area contributed by atoms with Crippen molar-refractivity contribution in [1.82, 2.24) is 9.80 Å². The number of nitrogens with zero attached hydrogens (tertiary/aromatic N) is 2. The summed E-state index contributed by atoms with van der Waals surface area (Å²) < 4.78 is 4.59. The Morgan fingerprint density at radius 2 is 2.10 bits per heavy atom. The van der Waals surface area contributed by atoms with E-state index in [1.807, 2.05) is 6.92 Å². The number of rotatable bonds is 6. The van der Waals surface area contributed by atoms with Crippen LogP contribution in [0.15, 0.2) is 0 Å². The van der Waals surface area contributed by atoms with Gasteiger partial charge in [0.05, 0.1) is 13.0 Å². The van der Waals surface area contributed by atoms with Gasteiger partial charge in [-0.05, 0) is 25.7 Å². The minimum Gasteiger partial charge on any atom is -0.468 e. The van der Waals surface area contributed by atoms with E-state index in [4.69, 9.17) is 0 Å². The molecule has 2 rings (SSSR count). The van der Waals surface area contributed by atoms with Crippen molar-refractivity contribution < 1.29 is 19.1 Å². The summed E-state index contributed by atoms with van der Waals surface area (Å²) in [7, 11) is 1.30. The van der Waals surface area contributed by atoms with Gasteiger partial charge in [-0.15, -0.1) is 0 Å². The van der Waals surface area contributed by atoms with Crippen molar-refractivity contribution in [3.63, 3.8) is 0 Å². The Hall–Kier alpha value is -1.59. The first-order valence-corrected chi connectivity index (χ1v) is 7.18. The van der Waals surface area contributed by atoms with Crippen LogP contribution in [0.5, 0.6) is 0 Å². The Morgan fingerprint density at radius 3 is 2.65 bits per heavy atom. The maximum Gasteiger partial charge on any atom is 0.325 e. The van der Waals surface area contributed by atoms with Gasteiger partial charge < -0.3 is 14.5 Å². The topological polar surface area (TPSA) is 66.9 Å². The predicted octanol–water partition coefficient (Wildman–Crippen LogP) is 0.266. The molecule has 0 spiro atoms. The summed E-state index contributed by atoms with van der Waals surface area (Å²) in [5.74, 6) is -0.177. The van der Waals surface area contributed by atoms with Crippen molar-refractivity contribution >= 4 is 17.8 Å². The fourth-order valence-electron chi connectivity index (χ4n) is 2.55. The number of hydrogen-bond donors (Lipinski definition) is 0. The highest BCUT2D eigenvalue weighted by Crippen LogP contribution is 2.32. The number of methoxy groups -OCH3 is 1. The third kappa shape index (κ3) is 3.49. The van der Waals surface area contributed by atoms with Gasteiger partial charge in [0.15, 0.2) is 0 Å². The highest BCUT2D eigenvalue weighted by molar-refractivity contribution is 5.90. The van der Waals surface area contributed by atoms with Crippen molar-refractivity contribution in [2.75, 3.05) is 33.3 Å². The smallest absolute Gasteiger partial charge is 0.325 e. The van der Waals surface area contributed by atoms with Crippen LogP contribution in [0.2, 0.25) is 0 Å². The van der Waals surface area contributed by atoms with Crippen molar-refractivity contribution in [3.05, 3.63) is 0 Å². The fraction of sp³-hybridized carbons (Fsp3) is 0.786. The summed E-state index contributed by atoms with van der Waals surface area (Å²) in [5.41, 5.74) is 0. The Kier molecular flexibility index (Phi) is 4.62. The van der Waals surface area contributed by atoms with Crippen LogP contribution in [-0.2, 0) is 19.1 Å². The minimum absolute atomic E-state index is 0.0425. The second-order valence-corrected chi connectivity index (χ2v) is 5.57. The van der Waals surface area contributed by atoms with Crippen molar-refractivity contribution in [2.45, 2.75) is 26.2 Å². The number of likely N-dealkylation sites (N-methyl/N-ethyl adjacent to an activating group) is 1. The molecule has 1 aliphatic carbocycles. The van der Waals surface area contributed by atoms with Gasteiger partial charge in [0, 0.05) is 26.1 Å². The molecule has 0 N–H and O–H groups in total. The van der Waals surface area contributed by atoms with Gasteiger partial charge in [-0.25, -0.2) is 0 Å². The molecule has 2 amide bonds. The van der Waals surface area contributed by atoms with Gasteiger partial charge in [-0.2, -0.15) is 0 Å². The van der Waals surface area contributed by atoms with E-state index < -0.39 is 5.97 Å². The summed E-state index contributed by atoms with van der Waals surface area (Å²) in [6.45, 7) is 3.50. The highest BCUT2D eigenvalue weighted by Gasteiger charge is 2.38. The van der Waals surface area contributed by atoms with Crippen LogP contribution < -0.4 is 0 Å². The van der Waals surface area contributed by atoms with Crippen LogP contribution in [0.25, 0.3) is 0 Å². The van der Waals surface area contributed by atoms with E-state index in [1.54, 1.807) is 4.90 Å². The molecule has 0 aromatic heterocycles. The normalized spacial score (nSPS) is 22.0. The van der Waals surface area contributed by atoms with Crippen molar-refractivity contribution in [2.24, 2.45) is 11.8 Å². The largest absolute Gasteiger partial charge is 0.468 e. The molecule has 0 aromatic rings. The standard InChI is InChI=1S/C14H22N2O4/c1-3-15(9-13(18)20-2)14(19)11-6-12(17)16(8-11)7-10-4-5-10/h10-11H,3-9H2,1-2H3. The van der Waals surface area contributed by atoms with Crippen molar-refractivity contribution in [3.8, 4) is 0 Å². The quantitative estimate of drug-likeness (QED) is 0.656. The average molecular weight is 282 g/mol. The maximum absolute atomic E-state index is 12.4. The molecule has 6 heteroatoms. The first kappa shape index (κ1) is 14.8. The van der Waals surface area contributed by atoms with Crippen LogP contribution in [0.1, 0.15) is 26.2 Å². The van der Waals surface area contributed by atoms with E-state index in [9.17, 15) is 14.4 Å². The van der Waals surface area contributed by atoms with E-state index in [0.29, 0.717) is 19.0 Å². The minimum atomic E-state index is -0.431. The van der Waals surface area contributed by atoms with E-state index in [-0.39, 0.29) is 30.7 Å². The molecule has 1 aliphatic heterocycles. The Labute approximate surface area is 119 Å². The Bertz CT molecular complexity index is 406. The first-order valence-electron chi connectivity index (χ1n) is 7.18. The molecule has 2 fully saturated rings. The molecule has 2 aliphatic rings. The van der Waals surface area contributed by atoms with Gasteiger partial charge in [-0.3, -0.25) is 14.4 Å². The number of hydrogen-bond acceptors (Lipinski definition) is 4. The molecule has 20 heavy (non-hydrogen) atoms. The lowest BCUT2D eigenvalue weighted by molar-refractivity contribution is -0.148. The summed E-state index contributed by atoms with van der Waals surface area (Å²) in [4.78, 5) is 38.8. The van der Waals surface area contributed by atoms with Gasteiger partial charge in [0.25, 0.3) is 0 Å². The first-order chi connectivity index (χ1) is 9.55. The molecular formula is C14H22N2O4. The highest BCUT2D eigenvalue weighted by atomic mass is 16.5. The van der Waals surface area contributed by atoms with E-state index in [1.165, 1.54) is 24.9 Å². The molecule has 1 heterocycles. The number of esters is 1. The second kappa shape index (κ2) is 6.24. The Morgan fingerprint density at radius 1 is 1.40 bits per heavy atom. The molecule has 6 nitrogen and oxygen atoms in total. The Balaban J connectivity index is 1.90. The van der Waals surface area contributed by atoms with Crippen LogP contribution in [0.4, 0.5) is 0 Å². The molecule has 112 valence electrons. The summed E-state index contributed by atoms with van der Waals surface area (Å²) in [5, 5.41) is 0.